The number of carbonyl (C=O) groups excluding carboxylic acids is 1. The third-order valence-electron chi connectivity index (χ3n) is 2.89. The summed E-state index contributed by atoms with van der Waals surface area (Å²) in [6, 6.07) is 12.0. The van der Waals surface area contributed by atoms with E-state index in [9.17, 15) is 14.7 Å². The van der Waals surface area contributed by atoms with Crippen molar-refractivity contribution in [2.75, 3.05) is 0 Å². The normalized spacial score (nSPS) is 10.1. The Morgan fingerprint density at radius 3 is 2.48 bits per heavy atom. The van der Waals surface area contributed by atoms with Crippen LogP contribution in [0.1, 0.15) is 21.5 Å². The minimum absolute atomic E-state index is 0.0140. The highest BCUT2D eigenvalue weighted by molar-refractivity contribution is 5.84. The number of phenolic OH excluding ortho intramolecular Hbond substituents is 1. The van der Waals surface area contributed by atoms with Gasteiger partial charge in [-0.2, -0.15) is 0 Å². The molecule has 0 aromatic heterocycles. The highest BCUT2D eigenvalue weighted by atomic mass is 16.5. The Kier molecular flexibility index (Phi) is 4.56. The van der Waals surface area contributed by atoms with Gasteiger partial charge in [-0.25, -0.2) is 0 Å². The van der Waals surface area contributed by atoms with Gasteiger partial charge in [0.2, 0.25) is 0 Å². The molecule has 0 atom stereocenters. The van der Waals surface area contributed by atoms with Crippen molar-refractivity contribution in [2.45, 2.75) is 13.0 Å². The van der Waals surface area contributed by atoms with Gasteiger partial charge < -0.3 is 14.9 Å². The summed E-state index contributed by atoms with van der Waals surface area (Å²) in [4.78, 5) is 21.8. The largest absolute Gasteiger partial charge is 0.507 e. The van der Waals surface area contributed by atoms with E-state index in [4.69, 9.17) is 9.84 Å². The van der Waals surface area contributed by atoms with E-state index in [1.54, 1.807) is 0 Å². The van der Waals surface area contributed by atoms with E-state index in [2.05, 4.69) is 0 Å². The SMILES string of the molecule is O=Cc1c(O)cc(CC(=O)O)cc1OCc1ccccc1. The maximum Gasteiger partial charge on any atom is 0.307 e. The molecule has 2 aromatic rings. The molecule has 0 saturated carbocycles. The van der Waals surface area contributed by atoms with Gasteiger partial charge in [-0.15, -0.1) is 0 Å². The van der Waals surface area contributed by atoms with Gasteiger partial charge in [0.15, 0.2) is 6.29 Å². The zero-order valence-corrected chi connectivity index (χ0v) is 11.2. The Morgan fingerprint density at radius 2 is 1.86 bits per heavy atom. The minimum Gasteiger partial charge on any atom is -0.507 e. The molecule has 0 amide bonds. The van der Waals surface area contributed by atoms with Crippen molar-refractivity contribution in [1.29, 1.82) is 0 Å². The Morgan fingerprint density at radius 1 is 1.14 bits per heavy atom. The zero-order valence-electron chi connectivity index (χ0n) is 11.2. The molecule has 0 bridgehead atoms. The molecule has 2 rings (SSSR count). The summed E-state index contributed by atoms with van der Waals surface area (Å²) >= 11 is 0. The standard InChI is InChI=1S/C16H14O5/c17-9-13-14(18)6-12(8-16(19)20)7-15(13)21-10-11-4-2-1-3-5-11/h1-7,9,18H,8,10H2,(H,19,20). The predicted octanol–water partition coefficient (Wildman–Crippen LogP) is 2.41. The van der Waals surface area contributed by atoms with Crippen LogP contribution in [0.15, 0.2) is 42.5 Å². The summed E-state index contributed by atoms with van der Waals surface area (Å²) in [6.45, 7) is 0.220. The Labute approximate surface area is 121 Å². The molecule has 0 aliphatic carbocycles. The van der Waals surface area contributed by atoms with E-state index in [1.165, 1.54) is 12.1 Å². The van der Waals surface area contributed by atoms with Gasteiger partial charge in [-0.05, 0) is 23.3 Å². The molecule has 0 spiro atoms. The van der Waals surface area contributed by atoms with E-state index >= 15 is 0 Å². The lowest BCUT2D eigenvalue weighted by Crippen LogP contribution is -2.03. The summed E-state index contributed by atoms with van der Waals surface area (Å²) in [5.41, 5.74) is 1.28. The van der Waals surface area contributed by atoms with Gasteiger partial charge in [0.25, 0.3) is 0 Å². The van der Waals surface area contributed by atoms with Crippen LogP contribution in [-0.4, -0.2) is 22.5 Å². The summed E-state index contributed by atoms with van der Waals surface area (Å²) in [5.74, 6) is -1.14. The summed E-state index contributed by atoms with van der Waals surface area (Å²) in [7, 11) is 0. The highest BCUT2D eigenvalue weighted by Gasteiger charge is 2.13. The number of phenols is 1. The first-order valence-electron chi connectivity index (χ1n) is 6.29. The molecule has 0 fully saturated rings. The molecule has 2 N–H and O–H groups in total. The van der Waals surface area contributed by atoms with E-state index in [1.807, 2.05) is 30.3 Å². The molecule has 0 radical (unpaired) electrons. The van der Waals surface area contributed by atoms with Crippen LogP contribution in [-0.2, 0) is 17.8 Å². The lowest BCUT2D eigenvalue weighted by molar-refractivity contribution is -0.136. The monoisotopic (exact) mass is 286 g/mol. The highest BCUT2D eigenvalue weighted by Crippen LogP contribution is 2.29. The number of hydrogen-bond donors (Lipinski definition) is 2. The number of benzene rings is 2. The fraction of sp³-hybridized carbons (Fsp3) is 0.125. The minimum atomic E-state index is -1.03. The van der Waals surface area contributed by atoms with Gasteiger partial charge in [-0.3, -0.25) is 9.59 Å². The van der Waals surface area contributed by atoms with Gasteiger partial charge in [0, 0.05) is 0 Å². The second kappa shape index (κ2) is 6.56. The van der Waals surface area contributed by atoms with Crippen LogP contribution < -0.4 is 4.74 Å². The number of aliphatic carboxylic acids is 1. The second-order valence-electron chi connectivity index (χ2n) is 4.49. The molecule has 0 unspecified atom stereocenters. The summed E-state index contributed by atoms with van der Waals surface area (Å²) in [6.07, 6.45) is 0.231. The predicted molar refractivity (Wildman–Crippen MR) is 75.6 cm³/mol. The van der Waals surface area contributed by atoms with Crippen molar-refractivity contribution >= 4 is 12.3 Å². The fourth-order valence-electron chi connectivity index (χ4n) is 1.92. The molecule has 0 aliphatic heterocycles. The topological polar surface area (TPSA) is 83.8 Å². The van der Waals surface area contributed by atoms with E-state index in [-0.39, 0.29) is 30.1 Å². The molecule has 5 nitrogen and oxygen atoms in total. The quantitative estimate of drug-likeness (QED) is 0.797. The first-order chi connectivity index (χ1) is 10.1. The fourth-order valence-corrected chi connectivity index (χ4v) is 1.92. The lowest BCUT2D eigenvalue weighted by atomic mass is 10.1. The molecule has 2 aromatic carbocycles. The smallest absolute Gasteiger partial charge is 0.307 e. The first kappa shape index (κ1) is 14.6. The zero-order chi connectivity index (χ0) is 15.2. The number of carboxylic acid groups (broad SMARTS) is 1. The van der Waals surface area contributed by atoms with Gasteiger partial charge in [0.05, 0.1) is 12.0 Å². The van der Waals surface area contributed by atoms with E-state index in [0.29, 0.717) is 11.8 Å². The summed E-state index contributed by atoms with van der Waals surface area (Å²) < 4.78 is 5.53. The number of hydrogen-bond acceptors (Lipinski definition) is 4. The van der Waals surface area contributed by atoms with Crippen LogP contribution in [0.4, 0.5) is 0 Å². The Bertz CT molecular complexity index is 649. The number of rotatable bonds is 6. The maximum absolute atomic E-state index is 11.0. The Balaban J connectivity index is 2.25. The van der Waals surface area contributed by atoms with Crippen LogP contribution in [0.2, 0.25) is 0 Å². The molecule has 0 saturated heterocycles. The van der Waals surface area contributed by atoms with Gasteiger partial charge in [-0.1, -0.05) is 30.3 Å². The molecule has 5 heteroatoms. The first-order valence-corrected chi connectivity index (χ1v) is 6.29. The molecule has 0 heterocycles. The summed E-state index contributed by atoms with van der Waals surface area (Å²) in [5, 5.41) is 18.6. The van der Waals surface area contributed by atoms with Crippen LogP contribution in [0, 0.1) is 0 Å². The third-order valence-corrected chi connectivity index (χ3v) is 2.89. The van der Waals surface area contributed by atoms with Crippen LogP contribution in [0.25, 0.3) is 0 Å². The van der Waals surface area contributed by atoms with Gasteiger partial charge >= 0.3 is 5.97 Å². The van der Waals surface area contributed by atoms with E-state index in [0.717, 1.165) is 5.56 Å². The van der Waals surface area contributed by atoms with Gasteiger partial charge in [0.1, 0.15) is 18.1 Å². The number of ether oxygens (including phenoxy) is 1. The third kappa shape index (κ3) is 3.82. The number of carboxylic acids is 1. The van der Waals surface area contributed by atoms with Crippen LogP contribution >= 0.6 is 0 Å². The van der Waals surface area contributed by atoms with Crippen molar-refractivity contribution in [2.24, 2.45) is 0 Å². The van der Waals surface area contributed by atoms with Crippen LogP contribution in [0.3, 0.4) is 0 Å². The molecule has 108 valence electrons. The van der Waals surface area contributed by atoms with Crippen molar-refractivity contribution in [3.63, 3.8) is 0 Å². The van der Waals surface area contributed by atoms with Crippen molar-refractivity contribution < 1.29 is 24.5 Å². The molecular formula is C16H14O5. The lowest BCUT2D eigenvalue weighted by Gasteiger charge is -2.11. The van der Waals surface area contributed by atoms with E-state index < -0.39 is 5.97 Å². The number of aldehydes is 1. The second-order valence-corrected chi connectivity index (χ2v) is 4.49. The van der Waals surface area contributed by atoms with Crippen molar-refractivity contribution in [1.82, 2.24) is 0 Å². The van der Waals surface area contributed by atoms with Crippen LogP contribution in [0.5, 0.6) is 11.5 Å². The van der Waals surface area contributed by atoms with Crippen molar-refractivity contribution in [3.05, 3.63) is 59.2 Å². The molecular weight excluding hydrogens is 272 g/mol. The van der Waals surface area contributed by atoms with Crippen molar-refractivity contribution in [3.8, 4) is 11.5 Å². The number of aromatic hydroxyl groups is 1. The maximum atomic E-state index is 11.0. The Hall–Kier alpha value is -2.82. The molecule has 21 heavy (non-hydrogen) atoms. The number of carbonyl (C=O) groups is 2. The molecule has 0 aliphatic rings. The average Bonchev–Trinajstić information content (AvgIpc) is 2.45. The average molecular weight is 286 g/mol.